The van der Waals surface area contributed by atoms with E-state index in [9.17, 15) is 140 Å². The molecule has 47 nitrogen and oxygen atoms in total. The third-order valence-electron chi connectivity index (χ3n) is 12.8. The highest BCUT2D eigenvalue weighted by atomic mass is 16.6. The van der Waals surface area contributed by atoms with Crippen LogP contribution in [0.3, 0.4) is 0 Å². The number of aliphatic hydroxyl groups is 20. The van der Waals surface area contributed by atoms with Crippen LogP contribution in [-0.4, -0.2) is 456 Å². The average Bonchev–Trinajstić information content (AvgIpc) is 1.88. The van der Waals surface area contributed by atoms with E-state index in [1.54, 1.807) is 0 Å². The number of carbonyl (C=O) groups is 9. The van der Waals surface area contributed by atoms with Gasteiger partial charge in [0.15, 0.2) is 26.4 Å². The summed E-state index contributed by atoms with van der Waals surface area (Å²) in [5.74, 6) is -11.4. The minimum atomic E-state index is -2.14. The molecule has 0 aromatic rings. The molecular weight excluding hydrogens is 1330 g/mol. The van der Waals surface area contributed by atoms with Crippen LogP contribution in [0.2, 0.25) is 0 Å². The van der Waals surface area contributed by atoms with Gasteiger partial charge >= 0.3 is 17.9 Å². The number of nitrogens with zero attached hydrogens (tertiary/aromatic N) is 9. The summed E-state index contributed by atoms with van der Waals surface area (Å²) in [4.78, 5) is 138. The Morgan fingerprint density at radius 1 is 0.320 bits per heavy atom. The second kappa shape index (κ2) is 49.2. The molecular formula is C50H87N11O36. The number of aliphatic hydroxyl groups excluding tert-OH is 20. The van der Waals surface area contributed by atoms with Gasteiger partial charge in [0, 0.05) is 52.4 Å². The Bertz CT molecular complexity index is 2230. The van der Waals surface area contributed by atoms with Gasteiger partial charge in [-0.3, -0.25) is 67.7 Å². The maximum atomic E-state index is 13.2. The smallest absolute Gasteiger partial charge is 0.317 e. The number of rotatable bonds is 54. The van der Waals surface area contributed by atoms with Gasteiger partial charge in [-0.25, -0.2) is 0 Å². The molecule has 0 aliphatic rings. The number of nitrogens with one attached hydrogen (secondary N) is 2. The standard InChI is InChI=1S/C50H87N11O36/c62-18-30(70)47(90)43(86)26(66)9-53-94-22-36(76)60(37(77)23-95-54-10-27(67)44(87)48(91)31(71)19-63)3-1-51-34(74)13-58(16-41(82)83)7-5-57(15-40(80)81)6-8-59(17-42(84)85)14-35(75)52-2-4-61(38(78)24-96-55-11-28(68)45(88)49(92)32(72)20-64)39(79)25-97-56-12-29(69)46(89)50(93)33(73)21-65/h9-12,26-33,43-50,62-73,86-93H,1-8,13-25H2,(H,51,74)(H,52,75)(H,80,81)(H,82,83)(H,84,85)/b53-9+,54-10+,55-11+,56-12+/t26?,27?,28?,29?,30?,31?,32?,33?,43-,44-,45-,46?,47+,48+,49+,50+/m0/s1. The molecule has 97 heavy (non-hydrogen) atoms. The fourth-order valence-electron chi connectivity index (χ4n) is 7.35. The zero-order valence-corrected chi connectivity index (χ0v) is 51.5. The topological polar surface area (TPSA) is 746 Å². The number of imide groups is 2. The zero-order chi connectivity index (χ0) is 74.1. The Labute approximate surface area is 548 Å². The average molecular weight is 1420 g/mol. The lowest BCUT2D eigenvalue weighted by atomic mass is 10.0. The lowest BCUT2D eigenvalue weighted by Gasteiger charge is -2.28. The first-order valence-corrected chi connectivity index (χ1v) is 28.6. The molecule has 0 fully saturated rings. The quantitative estimate of drug-likeness (QED) is 0.0199. The molecule has 16 atom stereocenters. The number of amides is 6. The van der Waals surface area contributed by atoms with Gasteiger partial charge in [-0.15, -0.1) is 0 Å². The largest absolute Gasteiger partial charge is 0.480 e. The van der Waals surface area contributed by atoms with Gasteiger partial charge in [-0.05, 0) is 0 Å². The maximum absolute atomic E-state index is 13.2. The van der Waals surface area contributed by atoms with Crippen LogP contribution in [0.4, 0.5) is 0 Å². The molecule has 0 aromatic carbocycles. The summed E-state index contributed by atoms with van der Waals surface area (Å²) in [6.45, 7) is -16.9. The summed E-state index contributed by atoms with van der Waals surface area (Å²) in [7, 11) is 0. The van der Waals surface area contributed by atoms with Crippen LogP contribution in [0.15, 0.2) is 20.6 Å². The van der Waals surface area contributed by atoms with E-state index >= 15 is 0 Å². The molecule has 0 saturated heterocycles. The van der Waals surface area contributed by atoms with Gasteiger partial charge in [0.1, 0.15) is 97.7 Å². The molecule has 0 aliphatic carbocycles. The molecule has 0 spiro atoms. The van der Waals surface area contributed by atoms with Crippen LogP contribution in [0.1, 0.15) is 0 Å². The summed E-state index contributed by atoms with van der Waals surface area (Å²) in [5, 5.41) is 239. The van der Waals surface area contributed by atoms with Crippen LogP contribution in [0.25, 0.3) is 0 Å². The van der Waals surface area contributed by atoms with Crippen molar-refractivity contribution >= 4 is 78.2 Å². The van der Waals surface area contributed by atoms with Crippen molar-refractivity contribution < 1.29 is 180 Å². The van der Waals surface area contributed by atoms with E-state index < -0.39 is 276 Å². The van der Waals surface area contributed by atoms with Gasteiger partial charge < -0.3 is 147 Å². The fraction of sp³-hybridized carbons (Fsp3) is 0.740. The number of oxime groups is 4. The molecule has 0 bridgehead atoms. The highest BCUT2D eigenvalue weighted by molar-refractivity contribution is 5.97. The fourth-order valence-corrected chi connectivity index (χ4v) is 7.35. The normalized spacial score (nSPS) is 17.1. The number of carboxylic acid groups (broad SMARTS) is 3. The molecule has 9 unspecified atom stereocenters. The van der Waals surface area contributed by atoms with Crippen molar-refractivity contribution in [3.8, 4) is 0 Å². The molecule has 25 N–H and O–H groups in total. The van der Waals surface area contributed by atoms with Crippen molar-refractivity contribution in [2.24, 2.45) is 20.6 Å². The van der Waals surface area contributed by atoms with E-state index in [2.05, 4.69) is 31.3 Å². The number of aliphatic carboxylic acids is 3. The Morgan fingerprint density at radius 2 is 0.536 bits per heavy atom. The van der Waals surface area contributed by atoms with E-state index in [1.807, 2.05) is 0 Å². The predicted molar refractivity (Wildman–Crippen MR) is 314 cm³/mol. The second-order valence-electron chi connectivity index (χ2n) is 20.5. The van der Waals surface area contributed by atoms with Crippen LogP contribution < -0.4 is 10.6 Å². The Hall–Kier alpha value is -7.41. The molecule has 0 aliphatic heterocycles. The third-order valence-corrected chi connectivity index (χ3v) is 12.8. The van der Waals surface area contributed by atoms with Gasteiger partial charge in [0.2, 0.25) is 11.8 Å². The molecule has 0 heterocycles. The molecule has 0 rings (SSSR count). The minimum absolute atomic E-state index is 0.354. The first-order chi connectivity index (χ1) is 45.6. The zero-order valence-electron chi connectivity index (χ0n) is 51.5. The summed E-state index contributed by atoms with van der Waals surface area (Å²) >= 11 is 0. The number of carbonyl (C=O) groups excluding carboxylic acids is 6. The number of hydrogen-bond donors (Lipinski definition) is 25. The van der Waals surface area contributed by atoms with Crippen LogP contribution in [-0.2, 0) is 62.5 Å². The number of hydrogen-bond acceptors (Lipinski definition) is 40. The highest BCUT2D eigenvalue weighted by Gasteiger charge is 2.34. The van der Waals surface area contributed by atoms with Crippen molar-refractivity contribution in [1.82, 2.24) is 35.1 Å². The van der Waals surface area contributed by atoms with E-state index in [0.717, 1.165) is 14.7 Å². The molecule has 0 radical (unpaired) electrons. The Kier molecular flexibility index (Phi) is 45.4. The molecule has 0 saturated carbocycles. The first-order valence-electron chi connectivity index (χ1n) is 28.6. The van der Waals surface area contributed by atoms with Crippen molar-refractivity contribution in [2.75, 3.05) is 138 Å². The lowest BCUT2D eigenvalue weighted by Crippen LogP contribution is -2.49. The Morgan fingerprint density at radius 3 is 0.753 bits per heavy atom. The predicted octanol–water partition coefficient (Wildman–Crippen LogP) is -18.2. The minimum Gasteiger partial charge on any atom is -0.480 e. The van der Waals surface area contributed by atoms with Gasteiger partial charge in [0.25, 0.3) is 23.6 Å². The molecule has 0 aromatic heterocycles. The van der Waals surface area contributed by atoms with Crippen molar-refractivity contribution in [3.63, 3.8) is 0 Å². The summed E-state index contributed by atoms with van der Waals surface area (Å²) < 4.78 is 0. The SMILES string of the molecule is O=C(O)CN(CCN(CC(=O)O)CC(=O)NCCN(C(=O)CO/N=C/C(O)C(O)[C@H](O)C(O)CO)C(=O)CO/N=C/C(O)[C@H](O)[C@H](O)C(O)CO)CCN(CC(=O)O)CC(=O)NCCN(C(=O)CO/N=C/C(O)[C@H](O)[C@H](O)C(O)CO)C(=O)CO/N=C/C(O)[C@H](O)[C@H](O)C(O)CO. The summed E-state index contributed by atoms with van der Waals surface area (Å²) in [5.41, 5.74) is 0. The van der Waals surface area contributed by atoms with E-state index in [-0.39, 0.29) is 13.1 Å². The summed E-state index contributed by atoms with van der Waals surface area (Å²) in [6, 6.07) is 0. The van der Waals surface area contributed by atoms with Crippen molar-refractivity contribution in [2.45, 2.75) is 97.7 Å². The van der Waals surface area contributed by atoms with E-state index in [4.69, 9.17) is 39.8 Å². The van der Waals surface area contributed by atoms with E-state index in [1.165, 1.54) is 0 Å². The maximum Gasteiger partial charge on any atom is 0.317 e. The third kappa shape index (κ3) is 36.7. The van der Waals surface area contributed by atoms with Crippen LogP contribution >= 0.6 is 0 Å². The van der Waals surface area contributed by atoms with Gasteiger partial charge in [-0.2, -0.15) is 0 Å². The van der Waals surface area contributed by atoms with Crippen molar-refractivity contribution in [1.29, 1.82) is 0 Å². The number of carboxylic acids is 3. The van der Waals surface area contributed by atoms with E-state index in [0.29, 0.717) is 34.7 Å². The molecule has 558 valence electrons. The highest BCUT2D eigenvalue weighted by Crippen LogP contribution is 2.09. The van der Waals surface area contributed by atoms with Crippen LogP contribution in [0, 0.1) is 0 Å². The monoisotopic (exact) mass is 1420 g/mol. The van der Waals surface area contributed by atoms with Gasteiger partial charge in [0.05, 0.1) is 84.0 Å². The molecule has 47 heteroatoms. The first kappa shape index (κ1) is 89.6. The Balaban J connectivity index is 6.24. The van der Waals surface area contributed by atoms with Crippen LogP contribution in [0.5, 0.6) is 0 Å². The molecule has 6 amide bonds. The lowest BCUT2D eigenvalue weighted by molar-refractivity contribution is -0.152. The second-order valence-corrected chi connectivity index (χ2v) is 20.5. The van der Waals surface area contributed by atoms with Crippen molar-refractivity contribution in [3.05, 3.63) is 0 Å². The van der Waals surface area contributed by atoms with Gasteiger partial charge in [-0.1, -0.05) is 20.6 Å². The summed E-state index contributed by atoms with van der Waals surface area (Å²) in [6.07, 6.45) is -30.9.